The summed E-state index contributed by atoms with van der Waals surface area (Å²) < 4.78 is 5.66. The first-order valence-corrected chi connectivity index (χ1v) is 10.8. The molecular weight excluding hydrogens is 426 g/mol. The number of aliphatic hydroxyl groups is 4. The Labute approximate surface area is 183 Å². The summed E-state index contributed by atoms with van der Waals surface area (Å²) in [6, 6.07) is 15.2. The fourth-order valence-corrected chi connectivity index (χ4v) is 4.70. The summed E-state index contributed by atoms with van der Waals surface area (Å²) in [6.45, 7) is -0.467. The number of thiazole rings is 1. The summed E-state index contributed by atoms with van der Waals surface area (Å²) in [4.78, 5) is 5.53. The zero-order chi connectivity index (χ0) is 21.3. The van der Waals surface area contributed by atoms with Crippen LogP contribution in [-0.4, -0.2) is 56.4 Å². The summed E-state index contributed by atoms with van der Waals surface area (Å²) in [5.74, 6) is 0. The quantitative estimate of drug-likeness (QED) is 0.479. The highest BCUT2D eigenvalue weighted by atomic mass is 35.5. The van der Waals surface area contributed by atoms with E-state index in [1.165, 1.54) is 0 Å². The molecule has 1 aromatic heterocycles. The molecule has 8 heteroatoms. The fourth-order valence-electron chi connectivity index (χ4n) is 3.58. The highest BCUT2D eigenvalue weighted by Gasteiger charge is 2.44. The second kappa shape index (κ2) is 9.11. The van der Waals surface area contributed by atoms with Crippen molar-refractivity contribution in [2.45, 2.75) is 36.9 Å². The highest BCUT2D eigenvalue weighted by Crippen LogP contribution is 2.35. The monoisotopic (exact) mass is 447 g/mol. The minimum atomic E-state index is -1.42. The van der Waals surface area contributed by atoms with Gasteiger partial charge in [-0.15, -0.1) is 11.3 Å². The van der Waals surface area contributed by atoms with Crippen molar-refractivity contribution < 1.29 is 25.2 Å². The lowest BCUT2D eigenvalue weighted by molar-refractivity contribution is -0.231. The SMILES string of the molecule is OC[C@H]1OC(c2ccc(Cl)c(Cc3cnc(-c4ccccc4)s3)c2)C(O)[C@@H](O)[C@@H]1O. The molecule has 2 heterocycles. The zero-order valence-corrected chi connectivity index (χ0v) is 17.5. The number of hydrogen-bond acceptors (Lipinski definition) is 7. The van der Waals surface area contributed by atoms with Gasteiger partial charge in [-0.1, -0.05) is 54.1 Å². The summed E-state index contributed by atoms with van der Waals surface area (Å²) in [5.41, 5.74) is 2.49. The zero-order valence-electron chi connectivity index (χ0n) is 15.9. The lowest BCUT2D eigenvalue weighted by Crippen LogP contribution is -2.55. The van der Waals surface area contributed by atoms with Crippen LogP contribution in [-0.2, 0) is 11.2 Å². The van der Waals surface area contributed by atoms with Gasteiger partial charge in [0, 0.05) is 28.1 Å². The Morgan fingerprint density at radius 3 is 2.50 bits per heavy atom. The molecular formula is C22H22ClNO5S. The third-order valence-electron chi connectivity index (χ3n) is 5.23. The van der Waals surface area contributed by atoms with Gasteiger partial charge in [0.1, 0.15) is 35.5 Å². The Hall–Kier alpha value is -1.84. The number of nitrogens with zero attached hydrogens (tertiary/aromatic N) is 1. The van der Waals surface area contributed by atoms with Crippen LogP contribution in [0.1, 0.15) is 22.1 Å². The van der Waals surface area contributed by atoms with Crippen LogP contribution in [0.4, 0.5) is 0 Å². The molecule has 158 valence electrons. The van der Waals surface area contributed by atoms with Gasteiger partial charge in [-0.25, -0.2) is 4.98 Å². The molecule has 0 spiro atoms. The van der Waals surface area contributed by atoms with Crippen LogP contribution in [0.2, 0.25) is 5.02 Å². The maximum absolute atomic E-state index is 10.4. The van der Waals surface area contributed by atoms with E-state index in [4.69, 9.17) is 16.3 Å². The van der Waals surface area contributed by atoms with E-state index < -0.39 is 37.1 Å². The van der Waals surface area contributed by atoms with E-state index in [9.17, 15) is 20.4 Å². The van der Waals surface area contributed by atoms with Gasteiger partial charge in [0.05, 0.1) is 6.61 Å². The fraction of sp³-hybridized carbons (Fsp3) is 0.318. The second-order valence-corrected chi connectivity index (χ2v) is 8.80. The number of hydrogen-bond donors (Lipinski definition) is 4. The second-order valence-electron chi connectivity index (χ2n) is 7.27. The number of ether oxygens (including phenoxy) is 1. The largest absolute Gasteiger partial charge is 0.394 e. The van der Waals surface area contributed by atoms with E-state index >= 15 is 0 Å². The van der Waals surface area contributed by atoms with Gasteiger partial charge in [-0.3, -0.25) is 0 Å². The standard InChI is InChI=1S/C22H22ClNO5S/c23-16-7-6-13(21-20(28)19(27)18(26)17(11-25)29-21)8-14(16)9-15-10-24-22(30-15)12-4-2-1-3-5-12/h1-8,10,17-21,25-28H,9,11H2/t17-,18-,19+,20?,21?/m1/s1. The van der Waals surface area contributed by atoms with E-state index in [0.717, 1.165) is 21.0 Å². The van der Waals surface area contributed by atoms with Crippen LogP contribution in [0.25, 0.3) is 10.6 Å². The molecule has 0 saturated carbocycles. The van der Waals surface area contributed by atoms with E-state index in [-0.39, 0.29) is 0 Å². The Balaban J connectivity index is 1.57. The van der Waals surface area contributed by atoms with Gasteiger partial charge in [0.2, 0.25) is 0 Å². The molecule has 0 radical (unpaired) electrons. The summed E-state index contributed by atoms with van der Waals surface area (Å²) >= 11 is 7.98. The number of halogens is 1. The molecule has 4 rings (SSSR count). The average Bonchev–Trinajstić information content (AvgIpc) is 3.23. The molecule has 0 bridgehead atoms. The predicted molar refractivity (Wildman–Crippen MR) is 115 cm³/mol. The van der Waals surface area contributed by atoms with Crippen LogP contribution in [0.5, 0.6) is 0 Å². The summed E-state index contributed by atoms with van der Waals surface area (Å²) in [5, 5.41) is 41.4. The van der Waals surface area contributed by atoms with Crippen molar-refractivity contribution in [3.63, 3.8) is 0 Å². The van der Waals surface area contributed by atoms with E-state index in [1.807, 2.05) is 42.6 Å². The highest BCUT2D eigenvalue weighted by molar-refractivity contribution is 7.15. The first kappa shape index (κ1) is 21.4. The summed E-state index contributed by atoms with van der Waals surface area (Å²) in [7, 11) is 0. The summed E-state index contributed by atoms with van der Waals surface area (Å²) in [6.07, 6.45) is -3.61. The van der Waals surface area contributed by atoms with Gasteiger partial charge in [0.15, 0.2) is 0 Å². The van der Waals surface area contributed by atoms with Gasteiger partial charge >= 0.3 is 0 Å². The minimum Gasteiger partial charge on any atom is -0.394 e. The van der Waals surface area contributed by atoms with Crippen molar-refractivity contribution in [1.29, 1.82) is 0 Å². The molecule has 1 fully saturated rings. The van der Waals surface area contributed by atoms with Crippen LogP contribution in [0.3, 0.4) is 0 Å². The normalized spacial score (nSPS) is 26.6. The molecule has 0 aliphatic carbocycles. The topological polar surface area (TPSA) is 103 Å². The molecule has 5 atom stereocenters. The molecule has 1 aliphatic rings. The molecule has 4 N–H and O–H groups in total. The Kier molecular flexibility index (Phi) is 6.50. The molecule has 0 amide bonds. The van der Waals surface area contributed by atoms with E-state index in [1.54, 1.807) is 23.5 Å². The van der Waals surface area contributed by atoms with Crippen molar-refractivity contribution >= 4 is 22.9 Å². The number of aromatic nitrogens is 1. The van der Waals surface area contributed by atoms with Crippen LogP contribution in [0.15, 0.2) is 54.7 Å². The van der Waals surface area contributed by atoms with Crippen molar-refractivity contribution in [3.8, 4) is 10.6 Å². The van der Waals surface area contributed by atoms with Gasteiger partial charge in [-0.2, -0.15) is 0 Å². The smallest absolute Gasteiger partial charge is 0.123 e. The van der Waals surface area contributed by atoms with Crippen molar-refractivity contribution in [2.24, 2.45) is 0 Å². The lowest BCUT2D eigenvalue weighted by atomic mass is 9.90. The van der Waals surface area contributed by atoms with E-state index in [0.29, 0.717) is 17.0 Å². The van der Waals surface area contributed by atoms with E-state index in [2.05, 4.69) is 4.98 Å². The molecule has 3 aromatic rings. The molecule has 1 saturated heterocycles. The first-order valence-electron chi connectivity index (χ1n) is 9.57. The number of benzene rings is 2. The molecule has 30 heavy (non-hydrogen) atoms. The van der Waals surface area contributed by atoms with Gasteiger partial charge < -0.3 is 25.2 Å². The van der Waals surface area contributed by atoms with Crippen LogP contribution in [0, 0.1) is 0 Å². The first-order chi connectivity index (χ1) is 14.5. The molecule has 2 unspecified atom stereocenters. The van der Waals surface area contributed by atoms with Gasteiger partial charge in [0.25, 0.3) is 0 Å². The predicted octanol–water partition coefficient (Wildman–Crippen LogP) is 2.57. The average molecular weight is 448 g/mol. The van der Waals surface area contributed by atoms with Crippen molar-refractivity contribution in [1.82, 2.24) is 4.98 Å². The molecule has 1 aliphatic heterocycles. The Morgan fingerprint density at radius 1 is 1.00 bits per heavy atom. The number of rotatable bonds is 5. The maximum Gasteiger partial charge on any atom is 0.123 e. The Bertz CT molecular complexity index is 996. The molecule has 2 aromatic carbocycles. The lowest BCUT2D eigenvalue weighted by Gasteiger charge is -2.40. The van der Waals surface area contributed by atoms with Crippen molar-refractivity contribution in [3.05, 3.63) is 75.8 Å². The molecule has 6 nitrogen and oxygen atoms in total. The third kappa shape index (κ3) is 4.29. The maximum atomic E-state index is 10.4. The van der Waals surface area contributed by atoms with Crippen molar-refractivity contribution in [2.75, 3.05) is 6.61 Å². The van der Waals surface area contributed by atoms with Crippen LogP contribution >= 0.6 is 22.9 Å². The third-order valence-corrected chi connectivity index (χ3v) is 6.64. The van der Waals surface area contributed by atoms with Crippen LogP contribution < -0.4 is 0 Å². The van der Waals surface area contributed by atoms with Gasteiger partial charge in [-0.05, 0) is 17.2 Å². The number of aliphatic hydroxyl groups excluding tert-OH is 4. The Morgan fingerprint density at radius 2 is 1.77 bits per heavy atom. The minimum absolute atomic E-state index is 0.467.